The highest BCUT2D eigenvalue weighted by atomic mass is 15.4. The lowest BCUT2D eigenvalue weighted by atomic mass is 10.5. The van der Waals surface area contributed by atoms with Crippen molar-refractivity contribution in [3.63, 3.8) is 0 Å². The van der Waals surface area contributed by atoms with Crippen molar-refractivity contribution in [3.8, 4) is 0 Å². The molecule has 0 rings (SSSR count). The molecule has 0 aliphatic carbocycles. The zero-order valence-electron chi connectivity index (χ0n) is 9.02. The molecule has 0 saturated carbocycles. The van der Waals surface area contributed by atoms with Crippen LogP contribution in [0.5, 0.6) is 0 Å². The number of hydrogen-bond acceptors (Lipinski definition) is 4. The van der Waals surface area contributed by atoms with Crippen LogP contribution in [0, 0.1) is 0 Å². The van der Waals surface area contributed by atoms with Gasteiger partial charge in [-0.25, -0.2) is 10.9 Å². The summed E-state index contributed by atoms with van der Waals surface area (Å²) in [6, 6.07) is 0. The highest BCUT2D eigenvalue weighted by molar-refractivity contribution is 6.29. The van der Waals surface area contributed by atoms with E-state index in [4.69, 9.17) is 11.5 Å². The molecule has 0 aromatic rings. The number of guanidine groups is 2. The van der Waals surface area contributed by atoms with Crippen molar-refractivity contribution in [1.82, 2.24) is 10.9 Å². The molecule has 0 aliphatic rings. The molecule has 8 heteroatoms. The zero-order valence-corrected chi connectivity index (χ0v) is 9.02. The van der Waals surface area contributed by atoms with Gasteiger partial charge in [0, 0.05) is 14.1 Å². The van der Waals surface area contributed by atoms with Crippen molar-refractivity contribution in [2.45, 2.75) is 6.92 Å². The molecule has 0 aromatic carbocycles. The van der Waals surface area contributed by atoms with Crippen LogP contribution in [-0.2, 0) is 0 Å². The van der Waals surface area contributed by atoms with Gasteiger partial charge in [0.15, 0.2) is 0 Å². The van der Waals surface area contributed by atoms with Gasteiger partial charge in [0.2, 0.25) is 11.9 Å². The van der Waals surface area contributed by atoms with Gasteiger partial charge < -0.3 is 11.5 Å². The highest BCUT2D eigenvalue weighted by Gasteiger charge is 1.87. The first-order valence-electron chi connectivity index (χ1n) is 4.14. The summed E-state index contributed by atoms with van der Waals surface area (Å²) in [4.78, 5) is 7.31. The molecule has 0 fully saturated rings. The van der Waals surface area contributed by atoms with Crippen LogP contribution in [0.1, 0.15) is 6.92 Å². The van der Waals surface area contributed by atoms with E-state index in [1.807, 2.05) is 0 Å². The SMILES string of the molecule is CN=C(N)N/N=C(C)\C=N\NC(N)=NC. The molecule has 0 unspecified atom stereocenters. The minimum Gasteiger partial charge on any atom is -0.369 e. The van der Waals surface area contributed by atoms with E-state index < -0.39 is 0 Å². The van der Waals surface area contributed by atoms with Crippen molar-refractivity contribution < 1.29 is 0 Å². The van der Waals surface area contributed by atoms with Crippen molar-refractivity contribution in [1.29, 1.82) is 0 Å². The predicted molar refractivity (Wildman–Crippen MR) is 63.0 cm³/mol. The molecular formula is C7H16N8. The summed E-state index contributed by atoms with van der Waals surface area (Å²) in [6.07, 6.45) is 1.47. The molecule has 84 valence electrons. The van der Waals surface area contributed by atoms with Crippen LogP contribution in [-0.4, -0.2) is 37.9 Å². The normalized spacial score (nSPS) is 14.5. The maximum atomic E-state index is 5.35. The summed E-state index contributed by atoms with van der Waals surface area (Å²) in [5, 5.41) is 7.62. The average molecular weight is 212 g/mol. The van der Waals surface area contributed by atoms with Gasteiger partial charge in [0.25, 0.3) is 0 Å². The number of nitrogens with two attached hydrogens (primary N) is 2. The fourth-order valence-electron chi connectivity index (χ4n) is 0.466. The molecule has 0 aromatic heterocycles. The zero-order chi connectivity index (χ0) is 11.7. The van der Waals surface area contributed by atoms with Crippen LogP contribution in [0.2, 0.25) is 0 Å². The Morgan fingerprint density at radius 2 is 1.60 bits per heavy atom. The lowest BCUT2D eigenvalue weighted by Gasteiger charge is -1.98. The Balaban J connectivity index is 4.07. The van der Waals surface area contributed by atoms with E-state index in [1.54, 1.807) is 21.0 Å². The number of rotatable bonds is 3. The molecule has 0 radical (unpaired) electrons. The third kappa shape index (κ3) is 6.99. The number of nitrogens with one attached hydrogen (secondary N) is 2. The second-order valence-corrected chi connectivity index (χ2v) is 2.45. The molecule has 8 nitrogen and oxygen atoms in total. The predicted octanol–water partition coefficient (Wildman–Crippen LogP) is -1.58. The Kier molecular flexibility index (Phi) is 6.27. The Morgan fingerprint density at radius 1 is 1.07 bits per heavy atom. The molecule has 15 heavy (non-hydrogen) atoms. The first-order chi connectivity index (χ1) is 7.10. The third-order valence-corrected chi connectivity index (χ3v) is 1.26. The van der Waals surface area contributed by atoms with Crippen molar-refractivity contribution in [2.24, 2.45) is 31.7 Å². The van der Waals surface area contributed by atoms with Gasteiger partial charge in [0.1, 0.15) is 0 Å². The van der Waals surface area contributed by atoms with E-state index in [0.29, 0.717) is 5.71 Å². The monoisotopic (exact) mass is 212 g/mol. The summed E-state index contributed by atoms with van der Waals surface area (Å²) in [6.45, 7) is 1.74. The van der Waals surface area contributed by atoms with Gasteiger partial charge in [-0.15, -0.1) is 0 Å². The first kappa shape index (κ1) is 12.9. The fraction of sp³-hybridized carbons (Fsp3) is 0.429. The summed E-state index contributed by atoms with van der Waals surface area (Å²) < 4.78 is 0. The van der Waals surface area contributed by atoms with Gasteiger partial charge in [-0.05, 0) is 6.92 Å². The molecular weight excluding hydrogens is 196 g/mol. The van der Waals surface area contributed by atoms with Gasteiger partial charge in [-0.2, -0.15) is 10.2 Å². The van der Waals surface area contributed by atoms with E-state index in [0.717, 1.165) is 0 Å². The molecule has 0 saturated heterocycles. The third-order valence-electron chi connectivity index (χ3n) is 1.26. The summed E-state index contributed by atoms with van der Waals surface area (Å²) in [5.74, 6) is 0.451. The molecule has 6 N–H and O–H groups in total. The Hall–Kier alpha value is -2.12. The van der Waals surface area contributed by atoms with Gasteiger partial charge >= 0.3 is 0 Å². The molecule has 0 atom stereocenters. The lowest BCUT2D eigenvalue weighted by Crippen LogP contribution is -2.29. The Labute approximate surface area is 88.2 Å². The van der Waals surface area contributed by atoms with Crippen LogP contribution in [0.15, 0.2) is 20.2 Å². The standard InChI is InChI=1S/C7H16N8/c1-5(13-15-7(9)11-3)4-12-14-6(8)10-2/h4H,1-3H3,(H3,8,10,14)(H3,9,11,15)/b12-4+,13-5-. The van der Waals surface area contributed by atoms with E-state index in [9.17, 15) is 0 Å². The second kappa shape index (κ2) is 7.30. The van der Waals surface area contributed by atoms with Crippen LogP contribution < -0.4 is 22.3 Å². The highest BCUT2D eigenvalue weighted by Crippen LogP contribution is 1.70. The maximum absolute atomic E-state index is 5.35. The molecule has 0 heterocycles. The first-order valence-corrected chi connectivity index (χ1v) is 4.14. The van der Waals surface area contributed by atoms with Crippen LogP contribution in [0.3, 0.4) is 0 Å². The second-order valence-electron chi connectivity index (χ2n) is 2.45. The van der Waals surface area contributed by atoms with Crippen LogP contribution >= 0.6 is 0 Å². The maximum Gasteiger partial charge on any atom is 0.209 e. The Bertz CT molecular complexity index is 300. The molecule has 0 spiro atoms. The summed E-state index contributed by atoms with van der Waals surface area (Å²) >= 11 is 0. The number of hydrogen-bond donors (Lipinski definition) is 4. The largest absolute Gasteiger partial charge is 0.369 e. The molecule has 0 amide bonds. The van der Waals surface area contributed by atoms with Crippen molar-refractivity contribution in [3.05, 3.63) is 0 Å². The van der Waals surface area contributed by atoms with Gasteiger partial charge in [0.05, 0.1) is 11.9 Å². The number of aliphatic imine (C=N–C) groups is 2. The number of nitrogens with zero attached hydrogens (tertiary/aromatic N) is 4. The summed E-state index contributed by atoms with van der Waals surface area (Å²) in [5.41, 5.74) is 16.3. The lowest BCUT2D eigenvalue weighted by molar-refractivity contribution is 0.993. The van der Waals surface area contributed by atoms with E-state index in [1.165, 1.54) is 6.21 Å². The van der Waals surface area contributed by atoms with Crippen molar-refractivity contribution >= 4 is 23.8 Å². The van der Waals surface area contributed by atoms with Crippen LogP contribution in [0.4, 0.5) is 0 Å². The van der Waals surface area contributed by atoms with E-state index in [-0.39, 0.29) is 11.9 Å². The quantitative estimate of drug-likeness (QED) is 0.256. The van der Waals surface area contributed by atoms with Gasteiger partial charge in [-0.1, -0.05) is 0 Å². The summed E-state index contributed by atoms with van der Waals surface area (Å²) in [7, 11) is 3.11. The van der Waals surface area contributed by atoms with Crippen molar-refractivity contribution in [2.75, 3.05) is 14.1 Å². The van der Waals surface area contributed by atoms with E-state index in [2.05, 4.69) is 31.0 Å². The number of hydrazone groups is 2. The fourth-order valence-corrected chi connectivity index (χ4v) is 0.466. The smallest absolute Gasteiger partial charge is 0.209 e. The van der Waals surface area contributed by atoms with Crippen LogP contribution in [0.25, 0.3) is 0 Å². The Morgan fingerprint density at radius 3 is 2.13 bits per heavy atom. The topological polar surface area (TPSA) is 126 Å². The molecule has 0 aliphatic heterocycles. The van der Waals surface area contributed by atoms with Gasteiger partial charge in [-0.3, -0.25) is 9.98 Å². The minimum absolute atomic E-state index is 0.224. The average Bonchev–Trinajstić information content (AvgIpc) is 2.25. The minimum atomic E-state index is 0.224. The van der Waals surface area contributed by atoms with E-state index >= 15 is 0 Å². The molecule has 0 bridgehead atoms.